The zero-order chi connectivity index (χ0) is 22.4. The summed E-state index contributed by atoms with van der Waals surface area (Å²) in [7, 11) is 1.60. The lowest BCUT2D eigenvalue weighted by Crippen LogP contribution is -2.18. The molecule has 0 unspecified atom stereocenters. The smallest absolute Gasteiger partial charge is 0.315 e. The molecule has 1 amide bonds. The molecule has 30 heavy (non-hydrogen) atoms. The second-order valence-electron chi connectivity index (χ2n) is 6.55. The Morgan fingerprint density at radius 3 is 2.40 bits per heavy atom. The standard InChI is InChI=1S/C21H22Cl3NO5/c1-5-29-18(27)10-17(26)25-15-9-14(22)21(20(24)19(15)23)30-12-6-7-16(28-4)13(8-12)11(2)3/h6-9,11H,5,10H2,1-4H3,(H,25,26). The van der Waals surface area contributed by atoms with Gasteiger partial charge in [-0.15, -0.1) is 0 Å². The van der Waals surface area contributed by atoms with Crippen molar-refractivity contribution < 1.29 is 23.8 Å². The first-order valence-corrected chi connectivity index (χ1v) is 10.3. The molecule has 2 rings (SSSR count). The fourth-order valence-corrected chi connectivity index (χ4v) is 3.37. The SMILES string of the molecule is CCOC(=O)CC(=O)Nc1cc(Cl)c(Oc2ccc(OC)c(C(C)C)c2)c(Cl)c1Cl. The van der Waals surface area contributed by atoms with Crippen LogP contribution in [0.4, 0.5) is 5.69 Å². The summed E-state index contributed by atoms with van der Waals surface area (Å²) in [5, 5.41) is 2.69. The number of ether oxygens (including phenoxy) is 3. The van der Waals surface area contributed by atoms with Gasteiger partial charge in [-0.2, -0.15) is 0 Å². The van der Waals surface area contributed by atoms with Gasteiger partial charge in [-0.1, -0.05) is 48.7 Å². The summed E-state index contributed by atoms with van der Waals surface area (Å²) in [5.74, 6) is 0.337. The number of nitrogens with one attached hydrogen (secondary N) is 1. The Morgan fingerprint density at radius 2 is 1.80 bits per heavy atom. The van der Waals surface area contributed by atoms with Crippen molar-refractivity contribution in [3.63, 3.8) is 0 Å². The lowest BCUT2D eigenvalue weighted by atomic mass is 10.0. The Kier molecular flexibility index (Phi) is 8.65. The van der Waals surface area contributed by atoms with Crippen LogP contribution in [0.2, 0.25) is 15.1 Å². The van der Waals surface area contributed by atoms with Gasteiger partial charge in [0.2, 0.25) is 5.91 Å². The Morgan fingerprint density at radius 1 is 1.10 bits per heavy atom. The van der Waals surface area contributed by atoms with E-state index >= 15 is 0 Å². The first-order chi connectivity index (χ1) is 14.2. The van der Waals surface area contributed by atoms with Crippen LogP contribution in [0.1, 0.15) is 38.7 Å². The highest BCUT2D eigenvalue weighted by atomic mass is 35.5. The highest BCUT2D eigenvalue weighted by Gasteiger charge is 2.20. The number of anilines is 1. The molecular weight excluding hydrogens is 453 g/mol. The summed E-state index contributed by atoms with van der Waals surface area (Å²) in [5.41, 5.74) is 1.11. The number of amides is 1. The van der Waals surface area contributed by atoms with E-state index in [1.807, 2.05) is 19.9 Å². The molecule has 0 saturated carbocycles. The Balaban J connectivity index is 2.27. The van der Waals surface area contributed by atoms with E-state index in [0.717, 1.165) is 11.3 Å². The van der Waals surface area contributed by atoms with Crippen LogP contribution < -0.4 is 14.8 Å². The number of rotatable bonds is 8. The van der Waals surface area contributed by atoms with Crippen molar-refractivity contribution in [2.45, 2.75) is 33.1 Å². The van der Waals surface area contributed by atoms with Crippen LogP contribution in [0, 0.1) is 0 Å². The molecule has 0 atom stereocenters. The third kappa shape index (κ3) is 5.94. The third-order valence-electron chi connectivity index (χ3n) is 4.04. The van der Waals surface area contributed by atoms with Crippen LogP contribution >= 0.6 is 34.8 Å². The van der Waals surface area contributed by atoms with Crippen molar-refractivity contribution in [2.75, 3.05) is 19.0 Å². The maximum atomic E-state index is 12.0. The van der Waals surface area contributed by atoms with Crippen LogP contribution in [0.15, 0.2) is 24.3 Å². The molecular formula is C21H22Cl3NO5. The van der Waals surface area contributed by atoms with E-state index in [1.165, 1.54) is 6.07 Å². The Hall–Kier alpha value is -2.15. The normalized spacial score (nSPS) is 10.7. The Bertz CT molecular complexity index is 947. The summed E-state index contributed by atoms with van der Waals surface area (Å²) in [6.45, 7) is 5.90. The third-order valence-corrected chi connectivity index (χ3v) is 5.17. The number of benzene rings is 2. The summed E-state index contributed by atoms with van der Waals surface area (Å²) in [4.78, 5) is 23.5. The first kappa shape index (κ1) is 24.1. The highest BCUT2D eigenvalue weighted by molar-refractivity contribution is 6.46. The van der Waals surface area contributed by atoms with E-state index in [1.54, 1.807) is 26.2 Å². The van der Waals surface area contributed by atoms with Crippen LogP contribution in [0.3, 0.4) is 0 Å². The predicted molar refractivity (Wildman–Crippen MR) is 119 cm³/mol. The molecule has 0 spiro atoms. The van der Waals surface area contributed by atoms with Crippen LogP contribution in [0.25, 0.3) is 0 Å². The van der Waals surface area contributed by atoms with Gasteiger partial charge in [0.15, 0.2) is 5.75 Å². The van der Waals surface area contributed by atoms with Gasteiger partial charge in [-0.3, -0.25) is 9.59 Å². The van der Waals surface area contributed by atoms with Gasteiger partial charge in [-0.05, 0) is 37.1 Å². The number of esters is 1. The number of hydrogen-bond acceptors (Lipinski definition) is 5. The fraction of sp³-hybridized carbons (Fsp3) is 0.333. The summed E-state index contributed by atoms with van der Waals surface area (Å²) < 4.78 is 16.0. The van der Waals surface area contributed by atoms with Crippen molar-refractivity contribution in [3.8, 4) is 17.2 Å². The van der Waals surface area contributed by atoms with E-state index in [-0.39, 0.29) is 39.0 Å². The number of carbonyl (C=O) groups is 2. The number of carbonyl (C=O) groups excluding carboxylic acids is 2. The van der Waals surface area contributed by atoms with Crippen LogP contribution in [0.5, 0.6) is 17.2 Å². The quantitative estimate of drug-likeness (QED) is 0.270. The maximum Gasteiger partial charge on any atom is 0.315 e. The molecule has 0 aliphatic heterocycles. The van der Waals surface area contributed by atoms with Crippen LogP contribution in [-0.4, -0.2) is 25.6 Å². The van der Waals surface area contributed by atoms with Gasteiger partial charge in [0.1, 0.15) is 22.9 Å². The molecule has 2 aromatic carbocycles. The molecule has 0 saturated heterocycles. The molecule has 0 radical (unpaired) electrons. The second-order valence-corrected chi connectivity index (χ2v) is 7.72. The van der Waals surface area contributed by atoms with Crippen molar-refractivity contribution >= 4 is 52.4 Å². The summed E-state index contributed by atoms with van der Waals surface area (Å²) in [6.07, 6.45) is -0.457. The average molecular weight is 475 g/mol. The van der Waals surface area contributed by atoms with Crippen molar-refractivity contribution in [3.05, 3.63) is 44.9 Å². The van der Waals surface area contributed by atoms with E-state index in [2.05, 4.69) is 5.32 Å². The molecule has 2 aromatic rings. The molecule has 0 bridgehead atoms. The molecule has 0 aliphatic rings. The lowest BCUT2D eigenvalue weighted by molar-refractivity contribution is -0.145. The largest absolute Gasteiger partial charge is 0.496 e. The summed E-state index contributed by atoms with van der Waals surface area (Å²) >= 11 is 19.0. The molecule has 9 heteroatoms. The number of hydrogen-bond donors (Lipinski definition) is 1. The molecule has 0 heterocycles. The first-order valence-electron chi connectivity index (χ1n) is 9.16. The highest BCUT2D eigenvalue weighted by Crippen LogP contribution is 2.45. The second kappa shape index (κ2) is 10.8. The zero-order valence-corrected chi connectivity index (χ0v) is 19.2. The molecule has 6 nitrogen and oxygen atoms in total. The number of halogens is 3. The van der Waals surface area contributed by atoms with Crippen molar-refractivity contribution in [1.82, 2.24) is 0 Å². The predicted octanol–water partition coefficient (Wildman–Crippen LogP) is 6.46. The van der Waals surface area contributed by atoms with Gasteiger partial charge in [0.05, 0.1) is 29.4 Å². The molecule has 0 aliphatic carbocycles. The fourth-order valence-electron chi connectivity index (χ4n) is 2.65. The number of methoxy groups -OCH3 is 1. The van der Waals surface area contributed by atoms with Crippen molar-refractivity contribution in [2.24, 2.45) is 0 Å². The van der Waals surface area contributed by atoms with Crippen molar-refractivity contribution in [1.29, 1.82) is 0 Å². The van der Waals surface area contributed by atoms with E-state index < -0.39 is 18.3 Å². The lowest BCUT2D eigenvalue weighted by Gasteiger charge is -2.17. The maximum absolute atomic E-state index is 12.0. The topological polar surface area (TPSA) is 73.9 Å². The zero-order valence-electron chi connectivity index (χ0n) is 17.0. The van der Waals surface area contributed by atoms with Gasteiger partial charge in [0.25, 0.3) is 0 Å². The monoisotopic (exact) mass is 473 g/mol. The van der Waals surface area contributed by atoms with Crippen LogP contribution in [-0.2, 0) is 14.3 Å². The van der Waals surface area contributed by atoms with E-state index in [9.17, 15) is 9.59 Å². The van der Waals surface area contributed by atoms with Gasteiger partial charge < -0.3 is 19.5 Å². The minimum Gasteiger partial charge on any atom is -0.496 e. The minimum absolute atomic E-state index is 0.0255. The minimum atomic E-state index is -0.649. The molecule has 1 N–H and O–H groups in total. The van der Waals surface area contributed by atoms with E-state index in [4.69, 9.17) is 49.0 Å². The Labute approximate surface area is 190 Å². The van der Waals surface area contributed by atoms with E-state index in [0.29, 0.717) is 5.75 Å². The van der Waals surface area contributed by atoms with Gasteiger partial charge in [-0.25, -0.2) is 0 Å². The molecule has 0 aromatic heterocycles. The van der Waals surface area contributed by atoms with Gasteiger partial charge in [0, 0.05) is 5.56 Å². The average Bonchev–Trinajstić information content (AvgIpc) is 2.69. The summed E-state index contributed by atoms with van der Waals surface area (Å²) in [6, 6.07) is 6.75. The molecule has 162 valence electrons. The molecule has 0 fully saturated rings. The van der Waals surface area contributed by atoms with Gasteiger partial charge >= 0.3 is 5.97 Å².